The van der Waals surface area contributed by atoms with E-state index in [1.54, 1.807) is 6.92 Å². The Balaban J connectivity index is 2.70. The van der Waals surface area contributed by atoms with Gasteiger partial charge in [0.1, 0.15) is 37.0 Å². The summed E-state index contributed by atoms with van der Waals surface area (Å²) < 4.78 is 56.1. The van der Waals surface area contributed by atoms with Crippen molar-refractivity contribution in [2.45, 2.75) is 116 Å². The second-order valence-corrected chi connectivity index (χ2v) is 11.5. The van der Waals surface area contributed by atoms with Gasteiger partial charge in [-0.2, -0.15) is 0 Å². The van der Waals surface area contributed by atoms with Crippen LogP contribution in [-0.4, -0.2) is 121 Å². The monoisotopic (exact) mass is 680 g/mol. The number of carbonyl (C=O) groups is 7. The molecule has 0 spiro atoms. The molecule has 0 aliphatic carbocycles. The summed E-state index contributed by atoms with van der Waals surface area (Å²) in [5.74, 6) is -5.06. The van der Waals surface area contributed by atoms with E-state index in [4.69, 9.17) is 47.4 Å². The largest absolute Gasteiger partial charge is 0.463 e. The zero-order valence-electron chi connectivity index (χ0n) is 26.7. The third kappa shape index (κ3) is 11.7. The molecular formula is C28H40O17S. The van der Waals surface area contributed by atoms with Gasteiger partial charge in [-0.3, -0.25) is 33.6 Å². The van der Waals surface area contributed by atoms with Crippen molar-refractivity contribution in [3.63, 3.8) is 0 Å². The standard InChI is InChI=1S/C28H40O17S/c1-9-46-28-26(42-18(8)35)24(40-16(6)33)22(20(44-28)11-37-13(3)30)45-27-25(41-17(7)34)23(39-15(5)32)21(38-14(4)31)19(43-27)10-36-12(2)29/h19-28H,9-11H2,1-8H3/t19-,20-,21+,22+,23+,24+,25-,26-,27+,28+/m1/s1. The fourth-order valence-electron chi connectivity index (χ4n) is 4.77. The summed E-state index contributed by atoms with van der Waals surface area (Å²) in [6.45, 7) is 8.52. The maximum Gasteiger partial charge on any atom is 0.303 e. The van der Waals surface area contributed by atoms with Crippen LogP contribution in [0.4, 0.5) is 0 Å². The molecule has 0 N–H and O–H groups in total. The van der Waals surface area contributed by atoms with E-state index in [0.29, 0.717) is 5.75 Å². The topological polar surface area (TPSA) is 212 Å². The predicted octanol–water partition coefficient (Wildman–Crippen LogP) is 0.359. The second-order valence-electron chi connectivity index (χ2n) is 10.1. The molecule has 0 bridgehead atoms. The smallest absolute Gasteiger partial charge is 0.303 e. The summed E-state index contributed by atoms with van der Waals surface area (Å²) in [6.07, 6.45) is -13.1. The van der Waals surface area contributed by atoms with Crippen molar-refractivity contribution in [3.05, 3.63) is 0 Å². The van der Waals surface area contributed by atoms with Gasteiger partial charge < -0.3 is 47.4 Å². The maximum absolute atomic E-state index is 12.3. The molecule has 18 heteroatoms. The molecule has 10 atom stereocenters. The highest BCUT2D eigenvalue weighted by molar-refractivity contribution is 7.99. The van der Waals surface area contributed by atoms with E-state index in [1.165, 1.54) is 11.8 Å². The fourth-order valence-corrected chi connectivity index (χ4v) is 5.72. The number of hydrogen-bond acceptors (Lipinski definition) is 18. The van der Waals surface area contributed by atoms with E-state index >= 15 is 0 Å². The zero-order chi connectivity index (χ0) is 34.7. The summed E-state index contributed by atoms with van der Waals surface area (Å²) in [6, 6.07) is 0. The molecule has 2 saturated heterocycles. The van der Waals surface area contributed by atoms with Gasteiger partial charge in [0, 0.05) is 48.5 Å². The summed E-state index contributed by atoms with van der Waals surface area (Å²) >= 11 is 1.21. The quantitative estimate of drug-likeness (QED) is 0.190. The average Bonchev–Trinajstić information content (AvgIpc) is 2.91. The summed E-state index contributed by atoms with van der Waals surface area (Å²) in [5.41, 5.74) is -0.922. The molecule has 2 aliphatic heterocycles. The molecule has 0 amide bonds. The molecule has 17 nitrogen and oxygen atoms in total. The van der Waals surface area contributed by atoms with Crippen LogP contribution in [0.3, 0.4) is 0 Å². The van der Waals surface area contributed by atoms with E-state index in [9.17, 15) is 33.6 Å². The highest BCUT2D eigenvalue weighted by atomic mass is 32.2. The maximum atomic E-state index is 12.3. The minimum Gasteiger partial charge on any atom is -0.463 e. The van der Waals surface area contributed by atoms with E-state index in [1.807, 2.05) is 0 Å². The van der Waals surface area contributed by atoms with Gasteiger partial charge in [-0.05, 0) is 5.75 Å². The van der Waals surface area contributed by atoms with Crippen LogP contribution >= 0.6 is 11.8 Å². The number of esters is 7. The van der Waals surface area contributed by atoms with Crippen LogP contribution in [-0.2, 0) is 80.9 Å². The molecule has 2 aliphatic rings. The van der Waals surface area contributed by atoms with Gasteiger partial charge in [0.25, 0.3) is 0 Å². The Morgan fingerprint density at radius 3 is 1.33 bits per heavy atom. The van der Waals surface area contributed by atoms with Gasteiger partial charge >= 0.3 is 41.8 Å². The Bertz CT molecular complexity index is 1130. The summed E-state index contributed by atoms with van der Waals surface area (Å²) in [7, 11) is 0. The SMILES string of the molecule is CCS[C@@H]1O[C@H](COC(C)=O)[C@H](O[C@@H]2O[C@H](COC(C)=O)[C@H](OC(C)=O)[C@H](OC(C)=O)[C@H]2OC(C)=O)[C@H](OC(C)=O)[C@H]1OC(C)=O. The predicted molar refractivity (Wildman–Crippen MR) is 151 cm³/mol. The van der Waals surface area contributed by atoms with E-state index in [-0.39, 0.29) is 0 Å². The molecule has 0 aromatic carbocycles. The molecule has 0 aromatic heterocycles. The molecule has 0 unspecified atom stereocenters. The zero-order valence-corrected chi connectivity index (χ0v) is 27.6. The van der Waals surface area contributed by atoms with Crippen molar-refractivity contribution < 1.29 is 80.9 Å². The number of carbonyl (C=O) groups excluding carboxylic acids is 7. The Morgan fingerprint density at radius 1 is 0.500 bits per heavy atom. The third-order valence-electron chi connectivity index (χ3n) is 6.22. The lowest BCUT2D eigenvalue weighted by Gasteiger charge is -2.48. The van der Waals surface area contributed by atoms with Crippen LogP contribution in [0.1, 0.15) is 55.4 Å². The lowest BCUT2D eigenvalue weighted by atomic mass is 9.96. The van der Waals surface area contributed by atoms with E-state index in [2.05, 4.69) is 0 Å². The molecule has 0 aromatic rings. The van der Waals surface area contributed by atoms with Crippen molar-refractivity contribution in [2.24, 2.45) is 0 Å². The number of thioether (sulfide) groups is 1. The molecule has 2 rings (SSSR count). The Hall–Kier alpha value is -3.48. The van der Waals surface area contributed by atoms with Gasteiger partial charge in [0.15, 0.2) is 36.8 Å². The lowest BCUT2D eigenvalue weighted by molar-refractivity contribution is -0.341. The first-order chi connectivity index (χ1) is 21.5. The van der Waals surface area contributed by atoms with Gasteiger partial charge in [-0.25, -0.2) is 0 Å². The number of ether oxygens (including phenoxy) is 10. The van der Waals surface area contributed by atoms with Crippen molar-refractivity contribution >= 4 is 53.5 Å². The van der Waals surface area contributed by atoms with E-state index < -0.39 is 116 Å². The molecule has 46 heavy (non-hydrogen) atoms. The van der Waals surface area contributed by atoms with Crippen LogP contribution in [0.15, 0.2) is 0 Å². The van der Waals surface area contributed by atoms with Crippen LogP contribution < -0.4 is 0 Å². The Kier molecular flexibility index (Phi) is 15.2. The highest BCUT2D eigenvalue weighted by Crippen LogP contribution is 2.37. The number of rotatable bonds is 13. The average molecular weight is 681 g/mol. The molecule has 2 heterocycles. The van der Waals surface area contributed by atoms with Gasteiger partial charge in [0.2, 0.25) is 0 Å². The first-order valence-electron chi connectivity index (χ1n) is 14.2. The minimum absolute atomic E-state index is 0.434. The van der Waals surface area contributed by atoms with Crippen molar-refractivity contribution in [2.75, 3.05) is 19.0 Å². The molecule has 2 fully saturated rings. The fraction of sp³-hybridized carbons (Fsp3) is 0.750. The summed E-state index contributed by atoms with van der Waals surface area (Å²) in [5, 5.41) is 0. The minimum atomic E-state index is -1.72. The Labute approximate surface area is 269 Å². The van der Waals surface area contributed by atoms with Crippen LogP contribution in [0.2, 0.25) is 0 Å². The van der Waals surface area contributed by atoms with Gasteiger partial charge in [-0.1, -0.05) is 6.92 Å². The number of hydrogen-bond donors (Lipinski definition) is 0. The van der Waals surface area contributed by atoms with Crippen LogP contribution in [0, 0.1) is 0 Å². The Morgan fingerprint density at radius 2 is 0.891 bits per heavy atom. The summed E-state index contributed by atoms with van der Waals surface area (Å²) in [4.78, 5) is 84.5. The molecular weight excluding hydrogens is 640 g/mol. The highest BCUT2D eigenvalue weighted by Gasteiger charge is 2.57. The normalized spacial score (nSPS) is 30.6. The first kappa shape index (κ1) is 38.7. The molecule has 0 saturated carbocycles. The van der Waals surface area contributed by atoms with Crippen LogP contribution in [0.25, 0.3) is 0 Å². The third-order valence-corrected chi connectivity index (χ3v) is 7.26. The van der Waals surface area contributed by atoms with Gasteiger partial charge in [-0.15, -0.1) is 11.8 Å². The molecule has 0 radical (unpaired) electrons. The lowest BCUT2D eigenvalue weighted by Crippen LogP contribution is -2.66. The van der Waals surface area contributed by atoms with Crippen molar-refractivity contribution in [3.8, 4) is 0 Å². The van der Waals surface area contributed by atoms with Crippen LogP contribution in [0.5, 0.6) is 0 Å². The second kappa shape index (κ2) is 18.0. The first-order valence-corrected chi connectivity index (χ1v) is 15.3. The van der Waals surface area contributed by atoms with Gasteiger partial charge in [0.05, 0.1) is 0 Å². The molecule has 260 valence electrons. The van der Waals surface area contributed by atoms with Crippen molar-refractivity contribution in [1.29, 1.82) is 0 Å². The van der Waals surface area contributed by atoms with E-state index in [0.717, 1.165) is 48.5 Å². The van der Waals surface area contributed by atoms with Crippen molar-refractivity contribution in [1.82, 2.24) is 0 Å².